The van der Waals surface area contributed by atoms with Crippen molar-refractivity contribution in [1.82, 2.24) is 4.57 Å². The minimum Gasteiger partial charge on any atom is -0.309 e. The Morgan fingerprint density at radius 2 is 0.844 bits per heavy atom. The monoisotopic (exact) mass is 850 g/mol. The first kappa shape index (κ1) is 36.9. The molecule has 0 radical (unpaired) electrons. The van der Waals surface area contributed by atoms with Gasteiger partial charge in [0.25, 0.3) is 0 Å². The van der Waals surface area contributed by atoms with Crippen molar-refractivity contribution in [3.63, 3.8) is 0 Å². The van der Waals surface area contributed by atoms with Gasteiger partial charge < -0.3 is 9.47 Å². The Morgan fingerprint density at radius 3 is 1.58 bits per heavy atom. The minimum absolute atomic E-state index is 1.11. The van der Waals surface area contributed by atoms with Gasteiger partial charge in [-0.2, -0.15) is 0 Å². The van der Waals surface area contributed by atoms with Crippen LogP contribution in [0.3, 0.4) is 0 Å². The normalized spacial score (nSPS) is 11.8. The van der Waals surface area contributed by atoms with E-state index in [2.05, 4.69) is 240 Å². The number of anilines is 3. The van der Waals surface area contributed by atoms with E-state index in [0.29, 0.717) is 0 Å². The molecule has 0 N–H and O–H groups in total. The van der Waals surface area contributed by atoms with Crippen LogP contribution in [0.4, 0.5) is 17.1 Å². The quantitative estimate of drug-likeness (QED) is 0.155. The largest absolute Gasteiger partial charge is 0.309 e. The van der Waals surface area contributed by atoms with Crippen LogP contribution in [0.25, 0.3) is 101 Å². The van der Waals surface area contributed by atoms with E-state index in [1.807, 2.05) is 22.7 Å². The number of nitrogens with zero attached hydrogens (tertiary/aromatic N) is 2. The van der Waals surface area contributed by atoms with E-state index in [1.165, 1.54) is 107 Å². The summed E-state index contributed by atoms with van der Waals surface area (Å²) in [6.07, 6.45) is 0. The number of benzene rings is 10. The summed E-state index contributed by atoms with van der Waals surface area (Å²) in [4.78, 5) is 2.52. The highest BCUT2D eigenvalue weighted by Gasteiger charge is 2.24. The molecule has 0 aliphatic carbocycles. The van der Waals surface area contributed by atoms with Crippen molar-refractivity contribution in [3.05, 3.63) is 231 Å². The van der Waals surface area contributed by atoms with E-state index in [0.717, 1.165) is 11.4 Å². The van der Waals surface area contributed by atoms with Crippen molar-refractivity contribution < 1.29 is 0 Å². The van der Waals surface area contributed by atoms with Gasteiger partial charge in [0, 0.05) is 62.5 Å². The molecule has 3 aromatic heterocycles. The van der Waals surface area contributed by atoms with Gasteiger partial charge in [-0.1, -0.05) is 164 Å². The first-order valence-corrected chi connectivity index (χ1v) is 23.4. The predicted molar refractivity (Wildman–Crippen MR) is 278 cm³/mol. The van der Waals surface area contributed by atoms with Gasteiger partial charge in [0.15, 0.2) is 0 Å². The zero-order valence-electron chi connectivity index (χ0n) is 34.7. The molecule has 3 heterocycles. The highest BCUT2D eigenvalue weighted by molar-refractivity contribution is 7.26. The summed E-state index contributed by atoms with van der Waals surface area (Å²) in [7, 11) is 0. The number of fused-ring (bicyclic) bond motifs is 9. The zero-order chi connectivity index (χ0) is 42.1. The number of hydrogen-bond acceptors (Lipinski definition) is 3. The molecule has 0 spiro atoms. The lowest BCUT2D eigenvalue weighted by molar-refractivity contribution is 1.18. The highest BCUT2D eigenvalue weighted by atomic mass is 32.1. The number of thiophene rings is 2. The lowest BCUT2D eigenvalue weighted by atomic mass is 9.97. The van der Waals surface area contributed by atoms with Crippen molar-refractivity contribution in [2.75, 3.05) is 4.90 Å². The molecule has 10 aromatic carbocycles. The van der Waals surface area contributed by atoms with Crippen molar-refractivity contribution in [2.45, 2.75) is 0 Å². The third-order valence-corrected chi connectivity index (χ3v) is 15.2. The second-order valence-electron chi connectivity index (χ2n) is 16.4. The molecule has 300 valence electrons. The molecule has 0 saturated carbocycles. The van der Waals surface area contributed by atoms with Crippen molar-refractivity contribution in [1.29, 1.82) is 0 Å². The fourth-order valence-electron chi connectivity index (χ4n) is 9.88. The van der Waals surface area contributed by atoms with Crippen LogP contribution in [0.2, 0.25) is 0 Å². The van der Waals surface area contributed by atoms with Gasteiger partial charge in [-0.25, -0.2) is 0 Å². The van der Waals surface area contributed by atoms with Crippen LogP contribution < -0.4 is 4.90 Å². The summed E-state index contributed by atoms with van der Waals surface area (Å²) in [5, 5.41) is 7.63. The minimum atomic E-state index is 1.11. The molecule has 0 saturated heterocycles. The van der Waals surface area contributed by atoms with Crippen LogP contribution in [0.15, 0.2) is 231 Å². The summed E-state index contributed by atoms with van der Waals surface area (Å²) in [6, 6.07) is 84.6. The van der Waals surface area contributed by atoms with Crippen molar-refractivity contribution >= 4 is 102 Å². The van der Waals surface area contributed by atoms with Crippen LogP contribution in [-0.2, 0) is 0 Å². The third kappa shape index (κ3) is 5.91. The molecule has 0 fully saturated rings. The maximum absolute atomic E-state index is 2.52. The van der Waals surface area contributed by atoms with Gasteiger partial charge >= 0.3 is 0 Å². The Balaban J connectivity index is 0.990. The summed E-state index contributed by atoms with van der Waals surface area (Å²) < 4.78 is 7.54. The molecular formula is C60H38N2S2. The second-order valence-corrected chi connectivity index (χ2v) is 18.6. The standard InChI is InChI=1S/C60H38N2S2/c1-2-14-39(15-3-1)40-28-30-42(31-29-40)46-36-37-54(59-50-21-7-11-26-56(50)64-60(46)59)61(53-24-13-27-57-58(53)49-20-6-10-25-55(49)63-57)44-34-32-41(33-35-44)43-16-12-17-45(38-43)62-51-22-8-4-18-47(51)48-19-5-9-23-52(48)62/h1-38H. The Bertz CT molecular complexity index is 3840. The summed E-state index contributed by atoms with van der Waals surface area (Å²) >= 11 is 3.75. The topological polar surface area (TPSA) is 8.17 Å². The molecular weight excluding hydrogens is 813 g/mol. The molecule has 0 bridgehead atoms. The van der Waals surface area contributed by atoms with Crippen LogP contribution in [0.1, 0.15) is 0 Å². The van der Waals surface area contributed by atoms with Crippen LogP contribution >= 0.6 is 22.7 Å². The van der Waals surface area contributed by atoms with Gasteiger partial charge in [0.1, 0.15) is 0 Å². The summed E-state index contributed by atoms with van der Waals surface area (Å²) in [6.45, 7) is 0. The molecule has 4 heteroatoms. The summed E-state index contributed by atoms with van der Waals surface area (Å²) in [5.41, 5.74) is 14.3. The maximum Gasteiger partial charge on any atom is 0.0555 e. The van der Waals surface area contributed by atoms with Gasteiger partial charge in [0.05, 0.1) is 22.4 Å². The van der Waals surface area contributed by atoms with E-state index >= 15 is 0 Å². The summed E-state index contributed by atoms with van der Waals surface area (Å²) in [5.74, 6) is 0. The molecule has 0 aliphatic rings. The number of rotatable bonds is 7. The van der Waals surface area contributed by atoms with E-state index < -0.39 is 0 Å². The van der Waals surface area contributed by atoms with Crippen molar-refractivity contribution in [2.24, 2.45) is 0 Å². The van der Waals surface area contributed by atoms with Gasteiger partial charge in [-0.05, 0) is 100 Å². The average molecular weight is 851 g/mol. The lowest BCUT2D eigenvalue weighted by Crippen LogP contribution is -2.11. The van der Waals surface area contributed by atoms with Crippen LogP contribution in [0, 0.1) is 0 Å². The molecule has 64 heavy (non-hydrogen) atoms. The van der Waals surface area contributed by atoms with Gasteiger partial charge in [-0.15, -0.1) is 22.7 Å². The predicted octanol–water partition coefficient (Wildman–Crippen LogP) is 18.0. The fraction of sp³-hybridized carbons (Fsp3) is 0. The fourth-order valence-corrected chi connectivity index (χ4v) is 12.3. The zero-order valence-corrected chi connectivity index (χ0v) is 36.3. The average Bonchev–Trinajstić information content (AvgIpc) is 4.05. The van der Waals surface area contributed by atoms with Gasteiger partial charge in [0.2, 0.25) is 0 Å². The number of hydrogen-bond donors (Lipinski definition) is 0. The lowest BCUT2D eigenvalue weighted by Gasteiger charge is -2.28. The Hall–Kier alpha value is -7.76. The molecule has 0 aliphatic heterocycles. The molecule has 13 rings (SSSR count). The Kier molecular flexibility index (Phi) is 8.61. The maximum atomic E-state index is 2.52. The van der Waals surface area contributed by atoms with Crippen LogP contribution in [-0.4, -0.2) is 4.57 Å². The first-order chi connectivity index (χ1) is 31.7. The van der Waals surface area contributed by atoms with E-state index in [1.54, 1.807) is 0 Å². The van der Waals surface area contributed by atoms with Gasteiger partial charge in [-0.3, -0.25) is 0 Å². The Morgan fingerprint density at radius 1 is 0.328 bits per heavy atom. The second kappa shape index (κ2) is 15.0. The highest BCUT2D eigenvalue weighted by Crippen LogP contribution is 2.51. The van der Waals surface area contributed by atoms with Crippen LogP contribution in [0.5, 0.6) is 0 Å². The van der Waals surface area contributed by atoms with Crippen molar-refractivity contribution in [3.8, 4) is 39.1 Å². The third-order valence-electron chi connectivity index (χ3n) is 12.8. The van der Waals surface area contributed by atoms with E-state index in [9.17, 15) is 0 Å². The number of aromatic nitrogens is 1. The SMILES string of the molecule is c1ccc(-c2ccc(-c3ccc(N(c4ccc(-c5cccc(-n6c7ccccc7c7ccccc76)c5)cc4)c4cccc5sc6ccccc6c45)c4c3sc3ccccc34)cc2)cc1. The Labute approximate surface area is 378 Å². The van der Waals surface area contributed by atoms with E-state index in [4.69, 9.17) is 0 Å². The molecule has 0 unspecified atom stereocenters. The first-order valence-electron chi connectivity index (χ1n) is 21.7. The molecule has 0 atom stereocenters. The molecule has 13 aromatic rings. The molecule has 2 nitrogen and oxygen atoms in total. The number of para-hydroxylation sites is 2. The smallest absolute Gasteiger partial charge is 0.0555 e. The molecule has 0 amide bonds. The van der Waals surface area contributed by atoms with E-state index in [-0.39, 0.29) is 0 Å².